The second kappa shape index (κ2) is 10.5. The summed E-state index contributed by atoms with van der Waals surface area (Å²) in [5.74, 6) is 1.61. The van der Waals surface area contributed by atoms with Gasteiger partial charge in [0.2, 0.25) is 0 Å². The van der Waals surface area contributed by atoms with Gasteiger partial charge >= 0.3 is 0 Å². The average Bonchev–Trinajstić information content (AvgIpc) is 3.57. The maximum absolute atomic E-state index is 13.0. The zero-order chi connectivity index (χ0) is 24.0. The lowest BCUT2D eigenvalue weighted by atomic mass is 10.1. The first-order chi connectivity index (χ1) is 17.2. The second-order valence-electron chi connectivity index (χ2n) is 7.77. The van der Waals surface area contributed by atoms with Crippen molar-refractivity contribution in [1.82, 2.24) is 24.8 Å². The molecule has 2 aromatic carbocycles. The largest absolute Gasteiger partial charge is 0.494 e. The lowest BCUT2D eigenvalue weighted by Gasteiger charge is -2.13. The lowest BCUT2D eigenvalue weighted by molar-refractivity contribution is -0.127. The summed E-state index contributed by atoms with van der Waals surface area (Å²) >= 11 is 1.35. The Morgan fingerprint density at radius 2 is 1.74 bits per heavy atom. The van der Waals surface area contributed by atoms with Gasteiger partial charge in [0.1, 0.15) is 5.75 Å². The molecule has 0 saturated carbocycles. The van der Waals surface area contributed by atoms with Crippen LogP contribution in [-0.2, 0) is 4.79 Å². The molecule has 1 amide bonds. The predicted molar refractivity (Wildman–Crippen MR) is 136 cm³/mol. The number of pyridine rings is 1. The van der Waals surface area contributed by atoms with Gasteiger partial charge in [0.05, 0.1) is 24.6 Å². The number of carbonyl (C=O) groups excluding carboxylic acids is 1. The molecule has 1 aliphatic heterocycles. The molecule has 9 heteroatoms. The summed E-state index contributed by atoms with van der Waals surface area (Å²) in [4.78, 5) is 17.1. The third-order valence-corrected chi connectivity index (χ3v) is 6.41. The first-order valence-corrected chi connectivity index (χ1v) is 12.4. The highest BCUT2D eigenvalue weighted by Crippen LogP contribution is 2.29. The van der Waals surface area contributed by atoms with Gasteiger partial charge in [-0.15, -0.1) is 10.2 Å². The van der Waals surface area contributed by atoms with Crippen LogP contribution in [0.15, 0.2) is 89.4 Å². The van der Waals surface area contributed by atoms with Gasteiger partial charge < -0.3 is 4.74 Å². The van der Waals surface area contributed by atoms with E-state index in [1.807, 2.05) is 78.2 Å². The van der Waals surface area contributed by atoms with E-state index in [1.165, 1.54) is 11.8 Å². The molecule has 4 aromatic rings. The van der Waals surface area contributed by atoms with Crippen molar-refractivity contribution >= 4 is 23.4 Å². The van der Waals surface area contributed by atoms with Crippen molar-refractivity contribution in [3.8, 4) is 22.8 Å². The Hall–Kier alpha value is -3.98. The third kappa shape index (κ3) is 5.09. The molecule has 8 nitrogen and oxygen atoms in total. The molecule has 2 aromatic heterocycles. The molecule has 0 radical (unpaired) electrons. The fraction of sp³-hybridized carbons (Fsp3) is 0.192. The molecule has 5 rings (SSSR count). The van der Waals surface area contributed by atoms with Gasteiger partial charge in [-0.3, -0.25) is 14.3 Å². The van der Waals surface area contributed by atoms with Crippen molar-refractivity contribution in [2.24, 2.45) is 5.10 Å². The van der Waals surface area contributed by atoms with E-state index in [4.69, 9.17) is 4.74 Å². The predicted octanol–water partition coefficient (Wildman–Crippen LogP) is 4.46. The lowest BCUT2D eigenvalue weighted by Crippen LogP contribution is -2.25. The minimum atomic E-state index is -0.0624. The number of hydrogen-bond donors (Lipinski definition) is 0. The molecule has 1 aliphatic rings. The molecule has 0 bridgehead atoms. The van der Waals surface area contributed by atoms with Gasteiger partial charge in [0.15, 0.2) is 11.0 Å². The Morgan fingerprint density at radius 1 is 0.971 bits per heavy atom. The molecule has 176 valence electrons. The Balaban J connectivity index is 1.37. The van der Waals surface area contributed by atoms with E-state index in [0.717, 1.165) is 34.7 Å². The number of ether oxygens (including phenoxy) is 1. The first-order valence-electron chi connectivity index (χ1n) is 11.4. The van der Waals surface area contributed by atoms with Crippen LogP contribution >= 0.6 is 11.8 Å². The number of benzene rings is 2. The fourth-order valence-electron chi connectivity index (χ4n) is 3.81. The van der Waals surface area contributed by atoms with E-state index in [2.05, 4.69) is 20.3 Å². The van der Waals surface area contributed by atoms with Crippen LogP contribution in [0.4, 0.5) is 0 Å². The van der Waals surface area contributed by atoms with Crippen LogP contribution < -0.4 is 4.74 Å². The van der Waals surface area contributed by atoms with Crippen molar-refractivity contribution in [3.05, 3.63) is 84.7 Å². The summed E-state index contributed by atoms with van der Waals surface area (Å²) in [5.41, 5.74) is 3.75. The van der Waals surface area contributed by atoms with Crippen LogP contribution in [0.5, 0.6) is 5.75 Å². The van der Waals surface area contributed by atoms with Crippen LogP contribution in [-0.4, -0.2) is 55.3 Å². The number of nitrogens with zero attached hydrogens (tertiary/aromatic N) is 6. The van der Waals surface area contributed by atoms with Gasteiger partial charge in [0.25, 0.3) is 5.91 Å². The zero-order valence-electron chi connectivity index (χ0n) is 19.2. The number of thioether (sulfide) groups is 1. The van der Waals surface area contributed by atoms with Crippen LogP contribution in [0.25, 0.3) is 17.1 Å². The summed E-state index contributed by atoms with van der Waals surface area (Å²) in [6.45, 7) is 3.13. The van der Waals surface area contributed by atoms with E-state index >= 15 is 0 Å². The van der Waals surface area contributed by atoms with Crippen LogP contribution in [0.1, 0.15) is 18.9 Å². The number of amides is 1. The highest BCUT2D eigenvalue weighted by atomic mass is 32.2. The molecular formula is C26H24N6O2S. The second-order valence-corrected chi connectivity index (χ2v) is 8.72. The smallest absolute Gasteiger partial charge is 0.253 e. The van der Waals surface area contributed by atoms with Gasteiger partial charge in [-0.05, 0) is 48.9 Å². The fourth-order valence-corrected chi connectivity index (χ4v) is 4.63. The monoisotopic (exact) mass is 484 g/mol. The average molecular weight is 485 g/mol. The van der Waals surface area contributed by atoms with Gasteiger partial charge in [-0.2, -0.15) is 5.10 Å². The van der Waals surface area contributed by atoms with Crippen molar-refractivity contribution in [3.63, 3.8) is 0 Å². The first kappa shape index (κ1) is 22.8. The van der Waals surface area contributed by atoms with Crippen molar-refractivity contribution in [2.45, 2.75) is 18.5 Å². The summed E-state index contributed by atoms with van der Waals surface area (Å²) < 4.78 is 7.53. The molecule has 0 aliphatic carbocycles. The van der Waals surface area contributed by atoms with Gasteiger partial charge in [-0.25, -0.2) is 5.01 Å². The molecule has 0 fully saturated rings. The van der Waals surface area contributed by atoms with Crippen LogP contribution in [0.3, 0.4) is 0 Å². The summed E-state index contributed by atoms with van der Waals surface area (Å²) in [6.07, 6.45) is 4.19. The Bertz CT molecular complexity index is 1320. The maximum Gasteiger partial charge on any atom is 0.253 e. The number of aromatic nitrogens is 4. The minimum Gasteiger partial charge on any atom is -0.494 e. The molecule has 0 spiro atoms. The standard InChI is InChI=1S/C26H24N6O2S/c1-2-34-22-10-8-21(9-11-22)32-25(20-12-15-27-16-13-20)28-29-26(32)35-18-24(33)31-17-14-23(30-31)19-6-4-3-5-7-19/h3-13,15-16H,2,14,17-18H2,1H3. The summed E-state index contributed by atoms with van der Waals surface area (Å²) in [6, 6.07) is 21.5. The molecule has 0 saturated heterocycles. The number of carbonyl (C=O) groups is 1. The van der Waals surface area contributed by atoms with Crippen molar-refractivity contribution in [1.29, 1.82) is 0 Å². The highest BCUT2D eigenvalue weighted by molar-refractivity contribution is 7.99. The highest BCUT2D eigenvalue weighted by Gasteiger charge is 2.23. The van der Waals surface area contributed by atoms with E-state index in [0.29, 0.717) is 24.1 Å². The van der Waals surface area contributed by atoms with Gasteiger partial charge in [0, 0.05) is 30.1 Å². The Morgan fingerprint density at radius 3 is 2.49 bits per heavy atom. The number of hydrogen-bond acceptors (Lipinski definition) is 7. The third-order valence-electron chi connectivity index (χ3n) is 5.50. The van der Waals surface area contributed by atoms with Crippen LogP contribution in [0.2, 0.25) is 0 Å². The molecule has 0 N–H and O–H groups in total. The minimum absolute atomic E-state index is 0.0624. The SMILES string of the molecule is CCOc1ccc(-n2c(SCC(=O)N3CCC(c4ccccc4)=N3)nnc2-c2ccncc2)cc1. The quantitative estimate of drug-likeness (QED) is 0.343. The number of hydrazone groups is 1. The van der Waals surface area contributed by atoms with Gasteiger partial charge in [-0.1, -0.05) is 42.1 Å². The Kier molecular flexibility index (Phi) is 6.85. The van der Waals surface area contributed by atoms with Crippen LogP contribution in [0, 0.1) is 0 Å². The zero-order valence-corrected chi connectivity index (χ0v) is 20.1. The summed E-state index contributed by atoms with van der Waals surface area (Å²) in [5, 5.41) is 15.6. The summed E-state index contributed by atoms with van der Waals surface area (Å²) in [7, 11) is 0. The number of rotatable bonds is 8. The molecule has 0 atom stereocenters. The van der Waals surface area contributed by atoms with Crippen molar-refractivity contribution in [2.75, 3.05) is 18.9 Å². The van der Waals surface area contributed by atoms with E-state index in [9.17, 15) is 4.79 Å². The molecule has 3 heterocycles. The molecular weight excluding hydrogens is 460 g/mol. The van der Waals surface area contributed by atoms with Crippen molar-refractivity contribution < 1.29 is 9.53 Å². The van der Waals surface area contributed by atoms with E-state index in [-0.39, 0.29) is 11.7 Å². The molecule has 35 heavy (non-hydrogen) atoms. The van der Waals surface area contributed by atoms with E-state index in [1.54, 1.807) is 17.4 Å². The molecule has 0 unspecified atom stereocenters. The maximum atomic E-state index is 13.0. The van der Waals surface area contributed by atoms with E-state index < -0.39 is 0 Å². The topological polar surface area (TPSA) is 85.5 Å². The Labute approximate surface area is 207 Å². The normalized spacial score (nSPS) is 13.1.